The Morgan fingerprint density at radius 3 is 1.46 bits per heavy atom. The van der Waals surface area contributed by atoms with E-state index in [9.17, 15) is 0 Å². The molecule has 2 aliphatic rings. The zero-order chi connectivity index (χ0) is 25.5. The molecule has 0 saturated heterocycles. The second-order valence-corrected chi connectivity index (χ2v) is 11.4. The number of hydrogen-bond donors (Lipinski definition) is 0. The van der Waals surface area contributed by atoms with Gasteiger partial charge in [-0.1, -0.05) is 91.0 Å². The molecule has 0 fully saturated rings. The first-order valence-electron chi connectivity index (χ1n) is 13.3. The molecule has 1 heterocycles. The molecule has 0 N–H and O–H groups in total. The van der Waals surface area contributed by atoms with Gasteiger partial charge in [-0.3, -0.25) is 0 Å². The summed E-state index contributed by atoms with van der Waals surface area (Å²) in [6.45, 7) is 0. The highest BCUT2D eigenvalue weighted by atomic mass is 32.1. The van der Waals surface area contributed by atoms with Crippen LogP contribution in [0.3, 0.4) is 0 Å². The maximum absolute atomic E-state index is 5.21. The van der Waals surface area contributed by atoms with Crippen LogP contribution in [0.15, 0.2) is 127 Å². The Morgan fingerprint density at radius 2 is 0.872 bits per heavy atom. The van der Waals surface area contributed by atoms with E-state index in [1.807, 2.05) is 0 Å². The fraction of sp³-hybridized carbons (Fsp3) is 0. The van der Waals surface area contributed by atoms with Crippen LogP contribution in [0.2, 0.25) is 0 Å². The van der Waals surface area contributed by atoms with E-state index in [0.717, 1.165) is 10.5 Å². The van der Waals surface area contributed by atoms with Gasteiger partial charge in [0.05, 0.1) is 10.2 Å². The molecule has 39 heavy (non-hydrogen) atoms. The van der Waals surface area contributed by atoms with Crippen LogP contribution in [-0.2, 0) is 0 Å². The monoisotopic (exact) mass is 511 g/mol. The topological polar surface area (TPSA) is 12.9 Å². The molecule has 0 saturated carbocycles. The first-order chi connectivity index (χ1) is 19.3. The van der Waals surface area contributed by atoms with Gasteiger partial charge < -0.3 is 0 Å². The Hall–Kier alpha value is -4.79. The number of aromatic nitrogens is 1. The fourth-order valence-electron chi connectivity index (χ4n) is 6.47. The summed E-state index contributed by atoms with van der Waals surface area (Å²) < 4.78 is 1.22. The molecular weight excluding hydrogens is 490 g/mol. The number of thiazole rings is 1. The van der Waals surface area contributed by atoms with E-state index in [1.165, 1.54) is 76.4 Å². The van der Waals surface area contributed by atoms with Crippen molar-refractivity contribution in [1.29, 1.82) is 0 Å². The van der Waals surface area contributed by atoms with Crippen LogP contribution in [0, 0.1) is 0 Å². The molecule has 0 unspecified atom stereocenters. The SMILES string of the molecule is c1ccc(C2=C3C(=C(c4nc5ccccc5s4)c4cc5ccccc5cc43)c3cc4ccccc4cc32)cc1. The van der Waals surface area contributed by atoms with Crippen molar-refractivity contribution in [3.63, 3.8) is 0 Å². The van der Waals surface area contributed by atoms with Gasteiger partial charge in [-0.25, -0.2) is 4.98 Å². The van der Waals surface area contributed by atoms with E-state index < -0.39 is 0 Å². The van der Waals surface area contributed by atoms with Gasteiger partial charge in [0.25, 0.3) is 0 Å². The van der Waals surface area contributed by atoms with Gasteiger partial charge in [-0.05, 0) is 96.9 Å². The predicted molar refractivity (Wildman–Crippen MR) is 166 cm³/mol. The quantitative estimate of drug-likeness (QED) is 0.225. The molecule has 0 aliphatic heterocycles. The molecule has 1 nitrogen and oxygen atoms in total. The summed E-state index contributed by atoms with van der Waals surface area (Å²) in [4.78, 5) is 5.21. The Morgan fingerprint density at radius 1 is 0.410 bits per heavy atom. The number of benzene rings is 6. The maximum Gasteiger partial charge on any atom is 0.125 e. The van der Waals surface area contributed by atoms with E-state index in [2.05, 4.69) is 127 Å². The van der Waals surface area contributed by atoms with E-state index in [-0.39, 0.29) is 0 Å². The summed E-state index contributed by atoms with van der Waals surface area (Å²) in [5.74, 6) is 0. The van der Waals surface area contributed by atoms with Crippen LogP contribution in [0.5, 0.6) is 0 Å². The van der Waals surface area contributed by atoms with Crippen LogP contribution in [0.1, 0.15) is 32.8 Å². The summed E-state index contributed by atoms with van der Waals surface area (Å²) in [7, 11) is 0. The first-order valence-corrected chi connectivity index (χ1v) is 14.1. The smallest absolute Gasteiger partial charge is 0.125 e. The van der Waals surface area contributed by atoms with Crippen LogP contribution in [0.25, 0.3) is 54.1 Å². The molecule has 2 aliphatic carbocycles. The Balaban J connectivity index is 1.48. The van der Waals surface area contributed by atoms with Gasteiger partial charge >= 0.3 is 0 Å². The van der Waals surface area contributed by atoms with E-state index in [4.69, 9.17) is 4.98 Å². The molecule has 1 aromatic heterocycles. The number of nitrogens with zero attached hydrogens (tertiary/aromatic N) is 1. The van der Waals surface area contributed by atoms with Crippen LogP contribution < -0.4 is 0 Å². The molecule has 0 bridgehead atoms. The number of allylic oxidation sites excluding steroid dienone is 2. The molecule has 2 heteroatoms. The second-order valence-electron chi connectivity index (χ2n) is 10.3. The highest BCUT2D eigenvalue weighted by molar-refractivity contribution is 7.19. The minimum absolute atomic E-state index is 1.06. The second kappa shape index (κ2) is 7.86. The summed E-state index contributed by atoms with van der Waals surface area (Å²) in [6.07, 6.45) is 0. The van der Waals surface area contributed by atoms with Gasteiger partial charge in [0.2, 0.25) is 0 Å². The largest absolute Gasteiger partial charge is 0.236 e. The van der Waals surface area contributed by atoms with Crippen molar-refractivity contribution < 1.29 is 0 Å². The molecule has 6 aromatic carbocycles. The van der Waals surface area contributed by atoms with Crippen molar-refractivity contribution in [2.24, 2.45) is 0 Å². The lowest BCUT2D eigenvalue weighted by Gasteiger charge is -2.13. The van der Waals surface area contributed by atoms with Gasteiger partial charge in [0.1, 0.15) is 5.01 Å². The lowest BCUT2D eigenvalue weighted by atomic mass is 9.91. The van der Waals surface area contributed by atoms with Crippen molar-refractivity contribution in [2.45, 2.75) is 0 Å². The first kappa shape index (κ1) is 21.2. The average Bonchev–Trinajstić information content (AvgIpc) is 3.65. The number of hydrogen-bond acceptors (Lipinski definition) is 2. The summed E-state index contributed by atoms with van der Waals surface area (Å²) >= 11 is 1.80. The van der Waals surface area contributed by atoms with E-state index in [1.54, 1.807) is 11.3 Å². The molecular formula is C37H21NS. The third-order valence-corrected chi connectivity index (χ3v) is 9.22. The average molecular weight is 512 g/mol. The summed E-state index contributed by atoms with van der Waals surface area (Å²) in [5.41, 5.74) is 12.7. The van der Waals surface area contributed by atoms with Crippen molar-refractivity contribution in [1.82, 2.24) is 4.98 Å². The van der Waals surface area contributed by atoms with Crippen LogP contribution >= 0.6 is 11.3 Å². The van der Waals surface area contributed by atoms with Crippen molar-refractivity contribution >= 4 is 65.4 Å². The van der Waals surface area contributed by atoms with Gasteiger partial charge in [0.15, 0.2) is 0 Å². The Kier molecular flexibility index (Phi) is 4.27. The third-order valence-electron chi connectivity index (χ3n) is 8.17. The molecule has 7 aromatic rings. The Labute approximate surface area is 230 Å². The molecule has 0 radical (unpaired) electrons. The van der Waals surface area contributed by atoms with Crippen molar-refractivity contribution in [3.05, 3.63) is 160 Å². The lowest BCUT2D eigenvalue weighted by Crippen LogP contribution is -1.93. The number of para-hydroxylation sites is 1. The summed E-state index contributed by atoms with van der Waals surface area (Å²) in [6, 6.07) is 46.4. The van der Waals surface area contributed by atoms with Crippen molar-refractivity contribution in [3.8, 4) is 0 Å². The third kappa shape index (κ3) is 2.98. The number of fused-ring (bicyclic) bond motifs is 8. The predicted octanol–water partition coefficient (Wildman–Crippen LogP) is 9.85. The van der Waals surface area contributed by atoms with Crippen molar-refractivity contribution in [2.75, 3.05) is 0 Å². The fourth-order valence-corrected chi connectivity index (χ4v) is 7.50. The molecule has 9 rings (SSSR count). The lowest BCUT2D eigenvalue weighted by molar-refractivity contribution is 1.43. The van der Waals surface area contributed by atoms with Gasteiger partial charge in [-0.2, -0.15) is 0 Å². The highest BCUT2D eigenvalue weighted by Crippen LogP contribution is 2.59. The summed E-state index contributed by atoms with van der Waals surface area (Å²) in [5, 5.41) is 6.15. The highest BCUT2D eigenvalue weighted by Gasteiger charge is 2.38. The molecule has 0 amide bonds. The normalized spacial score (nSPS) is 13.9. The van der Waals surface area contributed by atoms with E-state index >= 15 is 0 Å². The maximum atomic E-state index is 5.21. The van der Waals surface area contributed by atoms with Crippen LogP contribution in [-0.4, -0.2) is 4.98 Å². The number of rotatable bonds is 2. The molecule has 180 valence electrons. The Bertz CT molecular complexity index is 2180. The van der Waals surface area contributed by atoms with Gasteiger partial charge in [-0.15, -0.1) is 11.3 Å². The van der Waals surface area contributed by atoms with E-state index in [0.29, 0.717) is 0 Å². The minimum Gasteiger partial charge on any atom is -0.236 e. The molecule has 0 atom stereocenters. The standard InChI is InChI=1S/C37H21NS/c1-2-10-22(11-3-1)33-27-18-23-12-4-5-13-24(23)19-28(27)35-34(33)29-20-25-14-6-7-15-26(25)21-30(29)36(35)37-38-31-16-8-9-17-32(31)39-37/h1-21H. The minimum atomic E-state index is 1.06. The van der Waals surface area contributed by atoms with Crippen LogP contribution in [0.4, 0.5) is 0 Å². The zero-order valence-corrected chi connectivity index (χ0v) is 21.8. The zero-order valence-electron chi connectivity index (χ0n) is 21.0. The van der Waals surface area contributed by atoms with Gasteiger partial charge in [0, 0.05) is 11.1 Å². The molecule has 0 spiro atoms.